The first-order valence-corrected chi connectivity index (χ1v) is 7.07. The summed E-state index contributed by atoms with van der Waals surface area (Å²) in [4.78, 5) is 14.2. The van der Waals surface area contributed by atoms with Crippen LogP contribution in [0.2, 0.25) is 0 Å². The second-order valence-corrected chi connectivity index (χ2v) is 4.94. The molecule has 1 aliphatic heterocycles. The van der Waals surface area contributed by atoms with Crippen LogP contribution in [0, 0.1) is 0 Å². The molecule has 1 N–H and O–H groups in total. The number of carbonyl (C=O) groups excluding carboxylic acids is 1. The lowest BCUT2D eigenvalue weighted by atomic mass is 10.1. The van der Waals surface area contributed by atoms with Gasteiger partial charge in [-0.3, -0.25) is 4.79 Å². The molecule has 0 aromatic heterocycles. The van der Waals surface area contributed by atoms with Crippen molar-refractivity contribution in [1.29, 1.82) is 0 Å². The molecule has 1 aromatic carbocycles. The van der Waals surface area contributed by atoms with Gasteiger partial charge in [-0.15, -0.1) is 6.58 Å². The SMILES string of the molecule is C=CCc1ccccc1OC(C)C(=O)N1CCNCC1. The molecule has 1 fully saturated rings. The number of amides is 1. The highest BCUT2D eigenvalue weighted by Crippen LogP contribution is 2.20. The maximum atomic E-state index is 12.3. The fourth-order valence-corrected chi connectivity index (χ4v) is 2.33. The zero-order valence-electron chi connectivity index (χ0n) is 12.0. The van der Waals surface area contributed by atoms with Crippen LogP contribution in [0.5, 0.6) is 5.75 Å². The molecule has 4 heteroatoms. The summed E-state index contributed by atoms with van der Waals surface area (Å²) in [5, 5.41) is 3.24. The molecule has 2 rings (SSSR count). The Hall–Kier alpha value is -1.81. The fourth-order valence-electron chi connectivity index (χ4n) is 2.33. The van der Waals surface area contributed by atoms with Gasteiger partial charge in [-0.1, -0.05) is 24.3 Å². The van der Waals surface area contributed by atoms with Gasteiger partial charge < -0.3 is 15.0 Å². The third-order valence-corrected chi connectivity index (χ3v) is 3.42. The Morgan fingerprint density at radius 2 is 2.15 bits per heavy atom. The largest absolute Gasteiger partial charge is 0.481 e. The zero-order chi connectivity index (χ0) is 14.4. The van der Waals surface area contributed by atoms with Gasteiger partial charge in [-0.05, 0) is 25.0 Å². The summed E-state index contributed by atoms with van der Waals surface area (Å²) in [6.07, 6.45) is 2.12. The second kappa shape index (κ2) is 7.10. The second-order valence-electron chi connectivity index (χ2n) is 4.94. The van der Waals surface area contributed by atoms with E-state index in [1.54, 1.807) is 0 Å². The summed E-state index contributed by atoms with van der Waals surface area (Å²) in [7, 11) is 0. The number of nitrogens with zero attached hydrogens (tertiary/aromatic N) is 1. The number of rotatable bonds is 5. The fraction of sp³-hybridized carbons (Fsp3) is 0.438. The first-order chi connectivity index (χ1) is 9.72. The molecule has 0 bridgehead atoms. The van der Waals surface area contributed by atoms with E-state index in [0.29, 0.717) is 0 Å². The number of allylic oxidation sites excluding steroid dienone is 1. The van der Waals surface area contributed by atoms with Crippen molar-refractivity contribution in [3.05, 3.63) is 42.5 Å². The van der Waals surface area contributed by atoms with E-state index in [1.807, 2.05) is 42.2 Å². The third kappa shape index (κ3) is 3.61. The molecule has 1 heterocycles. The molecule has 4 nitrogen and oxygen atoms in total. The van der Waals surface area contributed by atoms with Crippen LogP contribution in [-0.4, -0.2) is 43.1 Å². The lowest BCUT2D eigenvalue weighted by Gasteiger charge is -2.30. The highest BCUT2D eigenvalue weighted by atomic mass is 16.5. The molecule has 1 saturated heterocycles. The topological polar surface area (TPSA) is 41.6 Å². The zero-order valence-corrected chi connectivity index (χ0v) is 12.0. The predicted molar refractivity (Wildman–Crippen MR) is 79.9 cm³/mol. The summed E-state index contributed by atoms with van der Waals surface area (Å²) >= 11 is 0. The molecule has 1 atom stereocenters. The van der Waals surface area contributed by atoms with Crippen molar-refractivity contribution in [3.63, 3.8) is 0 Å². The van der Waals surface area contributed by atoms with E-state index >= 15 is 0 Å². The number of hydrogen-bond acceptors (Lipinski definition) is 3. The van der Waals surface area contributed by atoms with E-state index < -0.39 is 6.10 Å². The van der Waals surface area contributed by atoms with Gasteiger partial charge in [0.25, 0.3) is 5.91 Å². The van der Waals surface area contributed by atoms with Crippen molar-refractivity contribution in [3.8, 4) is 5.75 Å². The highest BCUT2D eigenvalue weighted by molar-refractivity contribution is 5.81. The van der Waals surface area contributed by atoms with Gasteiger partial charge in [-0.25, -0.2) is 0 Å². The first-order valence-electron chi connectivity index (χ1n) is 7.07. The Balaban J connectivity index is 2.01. The van der Waals surface area contributed by atoms with E-state index in [1.165, 1.54) is 0 Å². The van der Waals surface area contributed by atoms with E-state index in [2.05, 4.69) is 11.9 Å². The molecule has 108 valence electrons. The summed E-state index contributed by atoms with van der Waals surface area (Å²) < 4.78 is 5.85. The molecular weight excluding hydrogens is 252 g/mol. The predicted octanol–water partition coefficient (Wildman–Crippen LogP) is 1.61. The number of nitrogens with one attached hydrogen (secondary N) is 1. The van der Waals surface area contributed by atoms with Gasteiger partial charge in [-0.2, -0.15) is 0 Å². The Morgan fingerprint density at radius 3 is 2.85 bits per heavy atom. The normalized spacial score (nSPS) is 16.6. The van der Waals surface area contributed by atoms with Gasteiger partial charge >= 0.3 is 0 Å². The van der Waals surface area contributed by atoms with Crippen LogP contribution in [-0.2, 0) is 11.2 Å². The molecule has 1 unspecified atom stereocenters. The molecule has 0 spiro atoms. The van der Waals surface area contributed by atoms with Crippen LogP contribution in [0.4, 0.5) is 0 Å². The van der Waals surface area contributed by atoms with Crippen LogP contribution in [0.1, 0.15) is 12.5 Å². The van der Waals surface area contributed by atoms with Crippen LogP contribution < -0.4 is 10.1 Å². The van der Waals surface area contributed by atoms with Crippen molar-refractivity contribution in [1.82, 2.24) is 10.2 Å². The van der Waals surface area contributed by atoms with E-state index in [0.717, 1.165) is 43.9 Å². The summed E-state index contributed by atoms with van der Waals surface area (Å²) in [6.45, 7) is 8.77. The maximum Gasteiger partial charge on any atom is 0.263 e. The Kier molecular flexibility index (Phi) is 5.18. The minimum Gasteiger partial charge on any atom is -0.481 e. The number of piperazine rings is 1. The summed E-state index contributed by atoms with van der Waals surface area (Å²) in [6, 6.07) is 7.79. The van der Waals surface area contributed by atoms with Gasteiger partial charge in [0.05, 0.1) is 0 Å². The minimum atomic E-state index is -0.459. The highest BCUT2D eigenvalue weighted by Gasteiger charge is 2.23. The average molecular weight is 274 g/mol. The van der Waals surface area contributed by atoms with Crippen molar-refractivity contribution in [2.45, 2.75) is 19.4 Å². The standard InChI is InChI=1S/C16H22N2O2/c1-3-6-14-7-4-5-8-15(14)20-13(2)16(19)18-11-9-17-10-12-18/h3-5,7-8,13,17H,1,6,9-12H2,2H3. The molecular formula is C16H22N2O2. The van der Waals surface area contributed by atoms with Gasteiger partial charge in [0, 0.05) is 26.2 Å². The Bertz CT molecular complexity index is 467. The molecule has 0 radical (unpaired) electrons. The van der Waals surface area contributed by atoms with E-state index in [9.17, 15) is 4.79 Å². The van der Waals surface area contributed by atoms with Crippen LogP contribution in [0.3, 0.4) is 0 Å². The molecule has 20 heavy (non-hydrogen) atoms. The Morgan fingerprint density at radius 1 is 1.45 bits per heavy atom. The lowest BCUT2D eigenvalue weighted by Crippen LogP contribution is -2.50. The van der Waals surface area contributed by atoms with E-state index in [4.69, 9.17) is 4.74 Å². The number of hydrogen-bond donors (Lipinski definition) is 1. The number of benzene rings is 1. The molecule has 1 aromatic rings. The molecule has 0 aliphatic carbocycles. The van der Waals surface area contributed by atoms with Crippen LogP contribution in [0.25, 0.3) is 0 Å². The maximum absolute atomic E-state index is 12.3. The summed E-state index contributed by atoms with van der Waals surface area (Å²) in [5.74, 6) is 0.822. The van der Waals surface area contributed by atoms with Crippen molar-refractivity contribution < 1.29 is 9.53 Å². The Labute approximate surface area is 120 Å². The first kappa shape index (κ1) is 14.6. The smallest absolute Gasteiger partial charge is 0.263 e. The van der Waals surface area contributed by atoms with E-state index in [-0.39, 0.29) is 5.91 Å². The average Bonchev–Trinajstić information content (AvgIpc) is 2.49. The molecule has 1 amide bonds. The molecule has 1 aliphatic rings. The number of carbonyl (C=O) groups is 1. The van der Waals surface area contributed by atoms with Crippen LogP contribution in [0.15, 0.2) is 36.9 Å². The number of para-hydroxylation sites is 1. The van der Waals surface area contributed by atoms with Gasteiger partial charge in [0.1, 0.15) is 5.75 Å². The monoisotopic (exact) mass is 274 g/mol. The molecule has 0 saturated carbocycles. The van der Waals surface area contributed by atoms with Gasteiger partial charge in [0.2, 0.25) is 0 Å². The van der Waals surface area contributed by atoms with Gasteiger partial charge in [0.15, 0.2) is 6.10 Å². The summed E-state index contributed by atoms with van der Waals surface area (Å²) in [5.41, 5.74) is 1.06. The van der Waals surface area contributed by atoms with Crippen molar-refractivity contribution >= 4 is 5.91 Å². The number of ether oxygens (including phenoxy) is 1. The van der Waals surface area contributed by atoms with Crippen LogP contribution >= 0.6 is 0 Å². The van der Waals surface area contributed by atoms with Crippen molar-refractivity contribution in [2.75, 3.05) is 26.2 Å². The minimum absolute atomic E-state index is 0.0555. The quantitative estimate of drug-likeness (QED) is 0.830. The lowest BCUT2D eigenvalue weighted by molar-refractivity contribution is -0.138. The van der Waals surface area contributed by atoms with Crippen molar-refractivity contribution in [2.24, 2.45) is 0 Å². The third-order valence-electron chi connectivity index (χ3n) is 3.42.